The van der Waals surface area contributed by atoms with E-state index in [-0.39, 0.29) is 12.0 Å². The van der Waals surface area contributed by atoms with Crippen LogP contribution in [0.4, 0.5) is 0 Å². The molecule has 0 unspecified atom stereocenters. The van der Waals surface area contributed by atoms with Crippen LogP contribution in [0.2, 0.25) is 0 Å². The van der Waals surface area contributed by atoms with Crippen LogP contribution in [-0.2, 0) is 4.74 Å². The van der Waals surface area contributed by atoms with Crippen molar-refractivity contribution in [2.75, 3.05) is 19.7 Å². The summed E-state index contributed by atoms with van der Waals surface area (Å²) in [7, 11) is 0. The zero-order chi connectivity index (χ0) is 12.4. The number of carbonyl (C=O) groups excluding carboxylic acids is 1. The number of hydrogen-bond donors (Lipinski definition) is 0. The number of morpholine rings is 1. The highest BCUT2D eigenvalue weighted by atomic mass is 127. The fourth-order valence-corrected chi connectivity index (χ4v) is 2.58. The molecule has 3 nitrogen and oxygen atoms in total. The van der Waals surface area contributed by atoms with Gasteiger partial charge in [-0.3, -0.25) is 4.79 Å². The van der Waals surface area contributed by atoms with E-state index in [2.05, 4.69) is 38.5 Å². The largest absolute Gasteiger partial charge is 0.375 e. The number of nitrogens with zero attached hydrogens (tertiary/aromatic N) is 1. The molecule has 0 saturated carbocycles. The van der Waals surface area contributed by atoms with Gasteiger partial charge in [-0.25, -0.2) is 0 Å². The van der Waals surface area contributed by atoms with Crippen molar-refractivity contribution in [3.05, 3.63) is 31.8 Å². The Morgan fingerprint density at radius 1 is 1.59 bits per heavy atom. The second-order valence-electron chi connectivity index (χ2n) is 4.06. The van der Waals surface area contributed by atoms with Crippen molar-refractivity contribution in [3.8, 4) is 0 Å². The molecule has 0 aromatic heterocycles. The van der Waals surface area contributed by atoms with Crippen LogP contribution in [0.25, 0.3) is 0 Å². The highest BCUT2D eigenvalue weighted by Gasteiger charge is 2.22. The van der Waals surface area contributed by atoms with E-state index in [4.69, 9.17) is 4.74 Å². The fraction of sp³-hybridized carbons (Fsp3) is 0.417. The predicted molar refractivity (Wildman–Crippen MR) is 78.2 cm³/mol. The summed E-state index contributed by atoms with van der Waals surface area (Å²) in [6.45, 7) is 3.96. The van der Waals surface area contributed by atoms with Crippen LogP contribution >= 0.6 is 38.5 Å². The van der Waals surface area contributed by atoms with Gasteiger partial charge < -0.3 is 9.64 Å². The molecule has 1 atom stereocenters. The molecule has 1 saturated heterocycles. The molecule has 1 amide bonds. The molecule has 1 aliphatic rings. The predicted octanol–water partition coefficient (Wildman–Crippen LogP) is 2.91. The van der Waals surface area contributed by atoms with Gasteiger partial charge in [-0.15, -0.1) is 0 Å². The van der Waals surface area contributed by atoms with E-state index >= 15 is 0 Å². The lowest BCUT2D eigenvalue weighted by Gasteiger charge is -2.31. The third kappa shape index (κ3) is 3.20. The quantitative estimate of drug-likeness (QED) is 0.667. The van der Waals surface area contributed by atoms with Crippen molar-refractivity contribution in [1.29, 1.82) is 0 Å². The molecule has 0 spiro atoms. The van der Waals surface area contributed by atoms with Crippen LogP contribution in [-0.4, -0.2) is 36.6 Å². The standard InChI is InChI=1S/C12H13BrINO2/c1-8-7-15(4-5-17-8)12(16)9-2-3-10(13)11(14)6-9/h2-3,6,8H,4-5,7H2,1H3/t8-/m1/s1. The molecule has 1 aromatic carbocycles. The molecule has 0 aliphatic carbocycles. The molecule has 1 heterocycles. The van der Waals surface area contributed by atoms with Gasteiger partial charge in [0.05, 0.1) is 12.7 Å². The Morgan fingerprint density at radius 2 is 2.35 bits per heavy atom. The van der Waals surface area contributed by atoms with Crippen molar-refractivity contribution >= 4 is 44.4 Å². The topological polar surface area (TPSA) is 29.5 Å². The van der Waals surface area contributed by atoms with Gasteiger partial charge >= 0.3 is 0 Å². The maximum Gasteiger partial charge on any atom is 0.254 e. The maximum absolute atomic E-state index is 12.3. The average molecular weight is 410 g/mol. The number of benzene rings is 1. The molecular formula is C12H13BrINO2. The number of amides is 1. The number of halogens is 2. The summed E-state index contributed by atoms with van der Waals surface area (Å²) in [6, 6.07) is 5.68. The van der Waals surface area contributed by atoms with E-state index in [1.165, 1.54) is 0 Å². The van der Waals surface area contributed by atoms with Crippen molar-refractivity contribution in [2.24, 2.45) is 0 Å². The number of carbonyl (C=O) groups is 1. The van der Waals surface area contributed by atoms with Gasteiger partial charge in [-0.1, -0.05) is 0 Å². The zero-order valence-electron chi connectivity index (χ0n) is 9.45. The molecule has 92 valence electrons. The Hall–Kier alpha value is -0.140. The first-order valence-electron chi connectivity index (χ1n) is 5.44. The van der Waals surface area contributed by atoms with Gasteiger partial charge in [-0.05, 0) is 63.6 Å². The van der Waals surface area contributed by atoms with Gasteiger partial charge in [0.25, 0.3) is 5.91 Å². The van der Waals surface area contributed by atoms with Gasteiger partial charge in [0.2, 0.25) is 0 Å². The van der Waals surface area contributed by atoms with E-state index in [1.807, 2.05) is 30.0 Å². The van der Waals surface area contributed by atoms with Crippen LogP contribution in [0.3, 0.4) is 0 Å². The third-order valence-electron chi connectivity index (χ3n) is 2.69. The van der Waals surface area contributed by atoms with Gasteiger partial charge in [0, 0.05) is 26.7 Å². The van der Waals surface area contributed by atoms with Gasteiger partial charge in [0.1, 0.15) is 0 Å². The summed E-state index contributed by atoms with van der Waals surface area (Å²) in [5.41, 5.74) is 0.742. The summed E-state index contributed by atoms with van der Waals surface area (Å²) in [5.74, 6) is 0.0885. The minimum Gasteiger partial charge on any atom is -0.375 e. The molecule has 17 heavy (non-hydrogen) atoms. The highest BCUT2D eigenvalue weighted by molar-refractivity contribution is 14.1. The lowest BCUT2D eigenvalue weighted by atomic mass is 10.2. The Bertz CT molecular complexity index is 439. The Kier molecular flexibility index (Phi) is 4.43. The summed E-state index contributed by atoms with van der Waals surface area (Å²) in [6.07, 6.45) is 0.127. The first kappa shape index (κ1) is 13.3. The highest BCUT2D eigenvalue weighted by Crippen LogP contribution is 2.21. The molecule has 0 N–H and O–H groups in total. The van der Waals surface area contributed by atoms with Crippen LogP contribution in [0.1, 0.15) is 17.3 Å². The summed E-state index contributed by atoms with van der Waals surface area (Å²) < 4.78 is 7.50. The van der Waals surface area contributed by atoms with Crippen LogP contribution < -0.4 is 0 Å². The van der Waals surface area contributed by atoms with Crippen LogP contribution in [0, 0.1) is 3.57 Å². The van der Waals surface area contributed by atoms with Crippen molar-refractivity contribution in [1.82, 2.24) is 4.90 Å². The number of rotatable bonds is 1. The zero-order valence-corrected chi connectivity index (χ0v) is 13.2. The van der Waals surface area contributed by atoms with Crippen molar-refractivity contribution in [3.63, 3.8) is 0 Å². The third-order valence-corrected chi connectivity index (χ3v) is 5.02. The lowest BCUT2D eigenvalue weighted by Crippen LogP contribution is -2.44. The van der Waals surface area contributed by atoms with Crippen molar-refractivity contribution < 1.29 is 9.53 Å². The van der Waals surface area contributed by atoms with E-state index in [9.17, 15) is 4.79 Å². The molecule has 1 aromatic rings. The summed E-state index contributed by atoms with van der Waals surface area (Å²) >= 11 is 5.65. The van der Waals surface area contributed by atoms with Gasteiger partial charge in [-0.2, -0.15) is 0 Å². The second-order valence-corrected chi connectivity index (χ2v) is 6.08. The second kappa shape index (κ2) is 5.67. The first-order valence-corrected chi connectivity index (χ1v) is 7.31. The van der Waals surface area contributed by atoms with Gasteiger partial charge in [0.15, 0.2) is 0 Å². The Morgan fingerprint density at radius 3 is 3.00 bits per heavy atom. The normalized spacial score (nSPS) is 20.4. The minimum atomic E-state index is 0.0885. The first-order chi connectivity index (χ1) is 8.08. The minimum absolute atomic E-state index is 0.0885. The van der Waals surface area contributed by atoms with E-state index in [0.29, 0.717) is 19.7 Å². The van der Waals surface area contributed by atoms with Crippen LogP contribution in [0.15, 0.2) is 22.7 Å². The molecule has 0 radical (unpaired) electrons. The molecule has 1 fully saturated rings. The lowest BCUT2D eigenvalue weighted by molar-refractivity contribution is -0.0124. The molecule has 0 bridgehead atoms. The van der Waals surface area contributed by atoms with E-state index in [1.54, 1.807) is 0 Å². The number of ether oxygens (including phenoxy) is 1. The number of hydrogen-bond acceptors (Lipinski definition) is 2. The fourth-order valence-electron chi connectivity index (χ4n) is 1.81. The SMILES string of the molecule is C[C@@H]1CN(C(=O)c2ccc(Br)c(I)c2)CCO1. The Balaban J connectivity index is 2.15. The molecule has 1 aliphatic heterocycles. The van der Waals surface area contributed by atoms with E-state index < -0.39 is 0 Å². The molecule has 2 rings (SSSR count). The van der Waals surface area contributed by atoms with E-state index in [0.717, 1.165) is 13.6 Å². The molecular weight excluding hydrogens is 397 g/mol. The summed E-state index contributed by atoms with van der Waals surface area (Å²) in [4.78, 5) is 14.1. The van der Waals surface area contributed by atoms with Crippen molar-refractivity contribution in [2.45, 2.75) is 13.0 Å². The monoisotopic (exact) mass is 409 g/mol. The molecule has 5 heteroatoms. The smallest absolute Gasteiger partial charge is 0.254 e. The summed E-state index contributed by atoms with van der Waals surface area (Å²) in [5, 5.41) is 0. The Labute approximate surface area is 123 Å². The maximum atomic E-state index is 12.3. The average Bonchev–Trinajstić information content (AvgIpc) is 2.32. The van der Waals surface area contributed by atoms with Crippen LogP contribution in [0.5, 0.6) is 0 Å².